The molecule has 1 amide bonds. The van der Waals surface area contributed by atoms with Gasteiger partial charge >= 0.3 is 0 Å². The van der Waals surface area contributed by atoms with Gasteiger partial charge in [0.15, 0.2) is 0 Å². The topological polar surface area (TPSA) is 20.3 Å². The van der Waals surface area contributed by atoms with Crippen LogP contribution in [0.4, 0.5) is 0 Å². The van der Waals surface area contributed by atoms with Crippen molar-refractivity contribution < 1.29 is 4.79 Å². The highest BCUT2D eigenvalue weighted by Gasteiger charge is 2.12. The number of hydrogen-bond donors (Lipinski definition) is 0. The molecule has 2 aromatic rings. The fraction of sp³-hybridized carbons (Fsp3) is 0.267. The summed E-state index contributed by atoms with van der Waals surface area (Å²) in [6.07, 6.45) is 1.05. The van der Waals surface area contributed by atoms with Crippen LogP contribution in [0.5, 0.6) is 0 Å². The maximum atomic E-state index is 12.1. The van der Waals surface area contributed by atoms with Crippen LogP contribution in [-0.4, -0.2) is 17.9 Å². The van der Waals surface area contributed by atoms with Crippen LogP contribution in [0.1, 0.15) is 27.7 Å². The Morgan fingerprint density at radius 2 is 1.83 bits per heavy atom. The number of benzene rings is 1. The summed E-state index contributed by atoms with van der Waals surface area (Å²) in [5.74, 6) is 0.0876. The minimum absolute atomic E-state index is 0.0876. The van der Waals surface area contributed by atoms with Gasteiger partial charge in [0, 0.05) is 13.6 Å². The zero-order chi connectivity index (χ0) is 13.0. The smallest absolute Gasteiger partial charge is 0.263 e. The van der Waals surface area contributed by atoms with Crippen LogP contribution in [0.3, 0.4) is 0 Å². The van der Waals surface area contributed by atoms with Crippen molar-refractivity contribution in [3.05, 3.63) is 57.8 Å². The molecule has 0 radical (unpaired) electrons. The molecule has 2 rings (SSSR count). The van der Waals surface area contributed by atoms with Gasteiger partial charge in [0.2, 0.25) is 0 Å². The first-order valence-electron chi connectivity index (χ1n) is 6.07. The van der Waals surface area contributed by atoms with Gasteiger partial charge in [-0.25, -0.2) is 0 Å². The molecule has 1 aromatic heterocycles. The Morgan fingerprint density at radius 1 is 1.17 bits per heavy atom. The normalized spacial score (nSPS) is 10.3. The fourth-order valence-electron chi connectivity index (χ4n) is 1.81. The third kappa shape index (κ3) is 2.99. The molecular weight excluding hydrogens is 242 g/mol. The van der Waals surface area contributed by atoms with Gasteiger partial charge in [-0.1, -0.05) is 37.3 Å². The summed E-state index contributed by atoms with van der Waals surface area (Å²) in [7, 11) is 1.84. The number of hydrogen-bond acceptors (Lipinski definition) is 2. The number of carbonyl (C=O) groups is 1. The van der Waals surface area contributed by atoms with Gasteiger partial charge in [-0.15, -0.1) is 11.3 Å². The standard InChI is InChI=1S/C15H17NOS/c1-3-12-6-8-13(9-7-12)11-16(2)15(17)14-5-4-10-18-14/h4-10H,3,11H2,1-2H3. The first-order chi connectivity index (χ1) is 8.70. The maximum Gasteiger partial charge on any atom is 0.263 e. The fourth-order valence-corrected chi connectivity index (χ4v) is 2.53. The highest BCUT2D eigenvalue weighted by molar-refractivity contribution is 7.12. The summed E-state index contributed by atoms with van der Waals surface area (Å²) in [5, 5.41) is 1.93. The quantitative estimate of drug-likeness (QED) is 0.821. The van der Waals surface area contributed by atoms with E-state index in [1.54, 1.807) is 4.90 Å². The predicted octanol–water partition coefficient (Wildman–Crippen LogP) is 3.58. The molecule has 1 heterocycles. The van der Waals surface area contributed by atoms with Gasteiger partial charge in [-0.3, -0.25) is 4.79 Å². The van der Waals surface area contributed by atoms with Crippen LogP contribution in [-0.2, 0) is 13.0 Å². The van der Waals surface area contributed by atoms with Gasteiger partial charge in [-0.05, 0) is 29.0 Å². The number of aryl methyl sites for hydroxylation is 1. The average molecular weight is 259 g/mol. The van der Waals surface area contributed by atoms with E-state index in [4.69, 9.17) is 0 Å². The van der Waals surface area contributed by atoms with Crippen molar-refractivity contribution in [1.29, 1.82) is 0 Å². The molecule has 0 aliphatic rings. The monoisotopic (exact) mass is 259 g/mol. The lowest BCUT2D eigenvalue weighted by atomic mass is 10.1. The van der Waals surface area contributed by atoms with Crippen molar-refractivity contribution >= 4 is 17.2 Å². The number of nitrogens with zero attached hydrogens (tertiary/aromatic N) is 1. The van der Waals surface area contributed by atoms with Crippen LogP contribution < -0.4 is 0 Å². The Hall–Kier alpha value is -1.61. The van der Waals surface area contributed by atoms with Crippen molar-refractivity contribution in [2.24, 2.45) is 0 Å². The summed E-state index contributed by atoms with van der Waals surface area (Å²) in [6.45, 7) is 2.79. The van der Waals surface area contributed by atoms with Crippen LogP contribution >= 0.6 is 11.3 Å². The number of rotatable bonds is 4. The second-order valence-corrected chi connectivity index (χ2v) is 5.26. The SMILES string of the molecule is CCc1ccc(CN(C)C(=O)c2cccs2)cc1. The maximum absolute atomic E-state index is 12.1. The second-order valence-electron chi connectivity index (χ2n) is 4.31. The number of carbonyl (C=O) groups excluding carboxylic acids is 1. The van der Waals surface area contributed by atoms with Crippen molar-refractivity contribution in [2.45, 2.75) is 19.9 Å². The van der Waals surface area contributed by atoms with E-state index in [0.29, 0.717) is 6.54 Å². The molecule has 0 N–H and O–H groups in total. The van der Waals surface area contributed by atoms with Gasteiger partial charge < -0.3 is 4.90 Å². The summed E-state index contributed by atoms with van der Waals surface area (Å²) in [5.41, 5.74) is 2.49. The largest absolute Gasteiger partial charge is 0.337 e. The Bertz CT molecular complexity index is 502. The summed E-state index contributed by atoms with van der Waals surface area (Å²) in [4.78, 5) is 14.6. The molecule has 0 unspecified atom stereocenters. The molecule has 0 spiro atoms. The summed E-state index contributed by atoms with van der Waals surface area (Å²) in [6, 6.07) is 12.2. The number of amides is 1. The van der Waals surface area contributed by atoms with Gasteiger partial charge in [0.25, 0.3) is 5.91 Å². The van der Waals surface area contributed by atoms with E-state index in [9.17, 15) is 4.79 Å². The molecule has 0 aliphatic carbocycles. The molecule has 18 heavy (non-hydrogen) atoms. The summed E-state index contributed by atoms with van der Waals surface area (Å²) < 4.78 is 0. The lowest BCUT2D eigenvalue weighted by Gasteiger charge is -2.16. The Kier molecular flexibility index (Phi) is 4.15. The van der Waals surface area contributed by atoms with E-state index in [-0.39, 0.29) is 5.91 Å². The van der Waals surface area contributed by atoms with Crippen molar-refractivity contribution in [2.75, 3.05) is 7.05 Å². The Morgan fingerprint density at radius 3 is 2.39 bits per heavy atom. The van der Waals surface area contributed by atoms with E-state index in [1.165, 1.54) is 22.5 Å². The average Bonchev–Trinajstić information content (AvgIpc) is 2.92. The molecular formula is C15H17NOS. The van der Waals surface area contributed by atoms with Crippen LogP contribution in [0.15, 0.2) is 41.8 Å². The van der Waals surface area contributed by atoms with Crippen LogP contribution in [0, 0.1) is 0 Å². The first kappa shape index (κ1) is 12.8. The lowest BCUT2D eigenvalue weighted by molar-refractivity contribution is 0.0790. The molecule has 0 saturated heterocycles. The molecule has 0 fully saturated rings. The molecule has 0 atom stereocenters. The lowest BCUT2D eigenvalue weighted by Crippen LogP contribution is -2.25. The third-order valence-corrected chi connectivity index (χ3v) is 3.79. The zero-order valence-corrected chi connectivity index (χ0v) is 11.5. The van der Waals surface area contributed by atoms with Gasteiger partial charge in [0.05, 0.1) is 4.88 Å². The molecule has 3 heteroatoms. The van der Waals surface area contributed by atoms with E-state index in [1.807, 2.05) is 24.6 Å². The van der Waals surface area contributed by atoms with Gasteiger partial charge in [0.1, 0.15) is 0 Å². The van der Waals surface area contributed by atoms with Crippen molar-refractivity contribution in [3.63, 3.8) is 0 Å². The molecule has 0 saturated carbocycles. The molecule has 2 nitrogen and oxygen atoms in total. The predicted molar refractivity (Wildman–Crippen MR) is 75.9 cm³/mol. The highest BCUT2D eigenvalue weighted by Crippen LogP contribution is 2.13. The molecule has 0 bridgehead atoms. The van der Waals surface area contributed by atoms with E-state index in [0.717, 1.165) is 11.3 Å². The van der Waals surface area contributed by atoms with E-state index < -0.39 is 0 Å². The van der Waals surface area contributed by atoms with E-state index >= 15 is 0 Å². The molecule has 94 valence electrons. The van der Waals surface area contributed by atoms with Crippen LogP contribution in [0.25, 0.3) is 0 Å². The zero-order valence-electron chi connectivity index (χ0n) is 10.7. The number of thiophene rings is 1. The molecule has 0 aliphatic heterocycles. The van der Waals surface area contributed by atoms with Gasteiger partial charge in [-0.2, -0.15) is 0 Å². The third-order valence-electron chi connectivity index (χ3n) is 2.93. The minimum Gasteiger partial charge on any atom is -0.337 e. The highest BCUT2D eigenvalue weighted by atomic mass is 32.1. The molecule has 1 aromatic carbocycles. The van der Waals surface area contributed by atoms with Crippen LogP contribution in [0.2, 0.25) is 0 Å². The van der Waals surface area contributed by atoms with Crippen molar-refractivity contribution in [3.8, 4) is 0 Å². The Balaban J connectivity index is 2.02. The first-order valence-corrected chi connectivity index (χ1v) is 6.95. The minimum atomic E-state index is 0.0876. The second kappa shape index (κ2) is 5.83. The van der Waals surface area contributed by atoms with E-state index in [2.05, 4.69) is 31.2 Å². The summed E-state index contributed by atoms with van der Waals surface area (Å²) >= 11 is 1.48. The Labute approximate surface area is 112 Å². The van der Waals surface area contributed by atoms with Crippen molar-refractivity contribution in [1.82, 2.24) is 4.90 Å².